The summed E-state index contributed by atoms with van der Waals surface area (Å²) in [5.41, 5.74) is 5.44. The van der Waals surface area contributed by atoms with Crippen LogP contribution in [0.4, 0.5) is 0 Å². The van der Waals surface area contributed by atoms with Gasteiger partial charge in [-0.05, 0) is 19.9 Å². The number of nitrogens with two attached hydrogens (primary N) is 1. The third-order valence-electron chi connectivity index (χ3n) is 1.77. The monoisotopic (exact) mass is 179 g/mol. The van der Waals surface area contributed by atoms with E-state index >= 15 is 0 Å². The summed E-state index contributed by atoms with van der Waals surface area (Å²) < 4.78 is 16.8. The van der Waals surface area contributed by atoms with Crippen LogP contribution in [0, 0.1) is 0 Å². The van der Waals surface area contributed by atoms with Gasteiger partial charge in [0.1, 0.15) is 0 Å². The molecule has 0 aromatic rings. The number of rotatable bonds is 5. The summed E-state index contributed by atoms with van der Waals surface area (Å²) in [4.78, 5) is 0. The molecule has 2 atom stereocenters. The van der Waals surface area contributed by atoms with Gasteiger partial charge in [0.05, 0.1) is 6.61 Å². The van der Waals surface area contributed by atoms with E-state index in [0.717, 1.165) is 6.42 Å². The van der Waals surface area contributed by atoms with Gasteiger partial charge in [-0.15, -0.1) is 0 Å². The van der Waals surface area contributed by atoms with Crippen molar-refractivity contribution < 1.29 is 9.09 Å². The van der Waals surface area contributed by atoms with Crippen molar-refractivity contribution in [3.63, 3.8) is 0 Å². The van der Waals surface area contributed by atoms with Crippen LogP contribution in [0.15, 0.2) is 0 Å². The molecule has 0 aliphatic carbocycles. The van der Waals surface area contributed by atoms with E-state index in [2.05, 4.69) is 0 Å². The molecule has 0 saturated carbocycles. The zero-order valence-electron chi connectivity index (χ0n) is 7.54. The number of hydrogen-bond donors (Lipinski definition) is 1. The van der Waals surface area contributed by atoms with Gasteiger partial charge in [-0.1, -0.05) is 6.92 Å². The SMILES string of the molecule is CCOP(C)(=O)C(C)CCN. The first-order valence-electron chi connectivity index (χ1n) is 3.96. The summed E-state index contributed by atoms with van der Waals surface area (Å²) in [5.74, 6) is 0. The fraction of sp³-hybridized carbons (Fsp3) is 1.00. The first-order chi connectivity index (χ1) is 5.04. The molecular formula is C7H18NO2P. The Bertz CT molecular complexity index is 149. The smallest absolute Gasteiger partial charge is 0.202 e. The summed E-state index contributed by atoms with van der Waals surface area (Å²) in [6.45, 7) is 6.54. The standard InChI is InChI=1S/C7H18NO2P/c1-4-10-11(3,9)7(2)5-6-8/h7H,4-6,8H2,1-3H3. The average molecular weight is 179 g/mol. The normalized spacial score (nSPS) is 19.3. The highest BCUT2D eigenvalue weighted by Gasteiger charge is 2.23. The highest BCUT2D eigenvalue weighted by Crippen LogP contribution is 2.48. The maximum absolute atomic E-state index is 11.6. The van der Waals surface area contributed by atoms with Gasteiger partial charge < -0.3 is 10.3 Å². The third kappa shape index (κ3) is 3.90. The van der Waals surface area contributed by atoms with Crippen LogP contribution in [0.3, 0.4) is 0 Å². The minimum absolute atomic E-state index is 0.0902. The van der Waals surface area contributed by atoms with E-state index < -0.39 is 7.37 Å². The second-order valence-corrected chi connectivity index (χ2v) is 5.71. The van der Waals surface area contributed by atoms with Crippen molar-refractivity contribution in [3.8, 4) is 0 Å². The Morgan fingerprint density at radius 2 is 2.18 bits per heavy atom. The molecular weight excluding hydrogens is 161 g/mol. The van der Waals surface area contributed by atoms with E-state index in [9.17, 15) is 4.57 Å². The minimum atomic E-state index is -2.38. The Morgan fingerprint density at radius 1 is 1.64 bits per heavy atom. The summed E-state index contributed by atoms with van der Waals surface area (Å²) >= 11 is 0. The fourth-order valence-electron chi connectivity index (χ4n) is 0.859. The second kappa shape index (κ2) is 4.91. The molecule has 2 unspecified atom stereocenters. The van der Waals surface area contributed by atoms with E-state index in [1.54, 1.807) is 6.66 Å². The van der Waals surface area contributed by atoms with Crippen molar-refractivity contribution in [2.24, 2.45) is 5.73 Å². The first-order valence-corrected chi connectivity index (χ1v) is 6.10. The molecule has 0 aromatic carbocycles. The first kappa shape index (κ1) is 11.2. The topological polar surface area (TPSA) is 52.3 Å². The molecule has 11 heavy (non-hydrogen) atoms. The Kier molecular flexibility index (Phi) is 4.98. The van der Waals surface area contributed by atoms with Crippen molar-refractivity contribution in [2.45, 2.75) is 25.9 Å². The molecule has 0 amide bonds. The summed E-state index contributed by atoms with van der Waals surface area (Å²) in [6.07, 6.45) is 0.772. The molecule has 0 heterocycles. The summed E-state index contributed by atoms with van der Waals surface area (Å²) in [6, 6.07) is 0. The Labute approximate surface area is 68.8 Å². The van der Waals surface area contributed by atoms with Gasteiger partial charge in [-0.25, -0.2) is 0 Å². The Hall–Kier alpha value is 0.150. The fourth-order valence-corrected chi connectivity index (χ4v) is 2.24. The van der Waals surface area contributed by atoms with E-state index in [1.807, 2.05) is 13.8 Å². The van der Waals surface area contributed by atoms with Gasteiger partial charge in [0.25, 0.3) is 0 Å². The van der Waals surface area contributed by atoms with Gasteiger partial charge in [-0.3, -0.25) is 4.57 Å². The highest BCUT2D eigenvalue weighted by molar-refractivity contribution is 7.58. The molecule has 68 valence electrons. The quantitative estimate of drug-likeness (QED) is 0.653. The van der Waals surface area contributed by atoms with Crippen molar-refractivity contribution in [3.05, 3.63) is 0 Å². The molecule has 0 aliphatic heterocycles. The molecule has 0 rings (SSSR count). The largest absolute Gasteiger partial charge is 0.330 e. The molecule has 0 spiro atoms. The summed E-state index contributed by atoms with van der Waals surface area (Å²) in [7, 11) is -2.38. The van der Waals surface area contributed by atoms with E-state index in [1.165, 1.54) is 0 Å². The van der Waals surface area contributed by atoms with Gasteiger partial charge in [0.15, 0.2) is 0 Å². The zero-order chi connectivity index (χ0) is 8.91. The predicted octanol–water partition coefficient (Wildman–Crippen LogP) is 1.67. The zero-order valence-corrected chi connectivity index (χ0v) is 8.43. The summed E-state index contributed by atoms with van der Waals surface area (Å²) in [5, 5.41) is 0. The minimum Gasteiger partial charge on any atom is -0.330 e. The third-order valence-corrected chi connectivity index (χ3v) is 4.40. The average Bonchev–Trinajstić information content (AvgIpc) is 1.88. The van der Waals surface area contributed by atoms with Gasteiger partial charge >= 0.3 is 0 Å². The molecule has 4 heteroatoms. The van der Waals surface area contributed by atoms with Crippen LogP contribution in [0.2, 0.25) is 0 Å². The van der Waals surface area contributed by atoms with Crippen LogP contribution < -0.4 is 5.73 Å². The lowest BCUT2D eigenvalue weighted by Gasteiger charge is -2.19. The molecule has 3 nitrogen and oxygen atoms in total. The van der Waals surface area contributed by atoms with Gasteiger partial charge in [0, 0.05) is 12.3 Å². The highest BCUT2D eigenvalue weighted by atomic mass is 31.2. The molecule has 0 aromatic heterocycles. The lowest BCUT2D eigenvalue weighted by molar-refractivity contribution is 0.329. The maximum atomic E-state index is 11.6. The number of hydrogen-bond acceptors (Lipinski definition) is 3. The lowest BCUT2D eigenvalue weighted by Crippen LogP contribution is -2.12. The lowest BCUT2D eigenvalue weighted by atomic mass is 10.3. The molecule has 0 bridgehead atoms. The Morgan fingerprint density at radius 3 is 2.55 bits per heavy atom. The van der Waals surface area contributed by atoms with Crippen LogP contribution in [0.25, 0.3) is 0 Å². The van der Waals surface area contributed by atoms with Gasteiger partial charge in [-0.2, -0.15) is 0 Å². The van der Waals surface area contributed by atoms with Crippen molar-refractivity contribution in [1.29, 1.82) is 0 Å². The Balaban J connectivity index is 3.95. The van der Waals surface area contributed by atoms with Crippen LogP contribution in [-0.4, -0.2) is 25.5 Å². The van der Waals surface area contributed by atoms with Crippen molar-refractivity contribution >= 4 is 7.37 Å². The molecule has 0 aliphatic rings. The van der Waals surface area contributed by atoms with Crippen LogP contribution in [0.5, 0.6) is 0 Å². The molecule has 0 fully saturated rings. The van der Waals surface area contributed by atoms with Crippen molar-refractivity contribution in [2.75, 3.05) is 19.8 Å². The van der Waals surface area contributed by atoms with E-state index in [0.29, 0.717) is 13.2 Å². The van der Waals surface area contributed by atoms with Gasteiger partial charge in [0.2, 0.25) is 7.37 Å². The van der Waals surface area contributed by atoms with E-state index in [4.69, 9.17) is 10.3 Å². The van der Waals surface area contributed by atoms with Crippen LogP contribution in [-0.2, 0) is 9.09 Å². The predicted molar refractivity (Wildman–Crippen MR) is 48.3 cm³/mol. The van der Waals surface area contributed by atoms with Crippen LogP contribution in [0.1, 0.15) is 20.3 Å². The maximum Gasteiger partial charge on any atom is 0.202 e. The van der Waals surface area contributed by atoms with Crippen LogP contribution >= 0.6 is 7.37 Å². The second-order valence-electron chi connectivity index (χ2n) is 2.75. The molecule has 0 radical (unpaired) electrons. The van der Waals surface area contributed by atoms with E-state index in [-0.39, 0.29) is 5.66 Å². The molecule has 2 N–H and O–H groups in total. The van der Waals surface area contributed by atoms with Crippen molar-refractivity contribution in [1.82, 2.24) is 0 Å². The molecule has 0 saturated heterocycles.